The Bertz CT molecular complexity index is 260. The Hall–Kier alpha value is -0.650. The fourth-order valence-electron chi connectivity index (χ4n) is 2.49. The Morgan fingerprint density at radius 1 is 1.65 bits per heavy atom. The first-order valence-electron chi connectivity index (χ1n) is 6.21. The van der Waals surface area contributed by atoms with Crippen LogP contribution in [0.15, 0.2) is 0 Å². The number of aliphatic carboxylic acids is 1. The van der Waals surface area contributed by atoms with E-state index in [4.69, 9.17) is 15.6 Å². The van der Waals surface area contributed by atoms with Crippen molar-refractivity contribution in [2.45, 2.75) is 43.7 Å². The van der Waals surface area contributed by atoms with Crippen LogP contribution in [0.5, 0.6) is 0 Å². The second kappa shape index (κ2) is 6.33. The zero-order valence-electron chi connectivity index (χ0n) is 10.8. The molecule has 2 atom stereocenters. The maximum atomic E-state index is 11.1. The van der Waals surface area contributed by atoms with Gasteiger partial charge in [0.05, 0.1) is 0 Å². The highest BCUT2D eigenvalue weighted by Gasteiger charge is 2.40. The largest absolute Gasteiger partial charge is 0.480 e. The van der Waals surface area contributed by atoms with Crippen LogP contribution in [0.4, 0.5) is 0 Å². The first-order valence-corrected chi connectivity index (χ1v) is 6.21. The highest BCUT2D eigenvalue weighted by molar-refractivity contribution is 5.78. The molecule has 100 valence electrons. The van der Waals surface area contributed by atoms with Crippen molar-refractivity contribution in [3.05, 3.63) is 0 Å². The number of nitrogens with zero attached hydrogens (tertiary/aromatic N) is 1. The van der Waals surface area contributed by atoms with Crippen molar-refractivity contribution in [1.82, 2.24) is 4.90 Å². The highest BCUT2D eigenvalue weighted by atomic mass is 16.5. The minimum Gasteiger partial charge on any atom is -0.480 e. The summed E-state index contributed by atoms with van der Waals surface area (Å²) < 4.78 is 5.01. The van der Waals surface area contributed by atoms with Crippen molar-refractivity contribution in [3.8, 4) is 0 Å². The number of hydrogen-bond donors (Lipinski definition) is 2. The zero-order valence-corrected chi connectivity index (χ0v) is 10.8. The second-order valence-electron chi connectivity index (χ2n) is 5.04. The molecule has 2 unspecified atom stereocenters. The minimum atomic E-state index is -1.03. The molecule has 1 aliphatic carbocycles. The minimum absolute atomic E-state index is 0.279. The second-order valence-corrected chi connectivity index (χ2v) is 5.04. The van der Waals surface area contributed by atoms with E-state index in [0.29, 0.717) is 12.8 Å². The standard InChI is InChI=1S/C12H24N2O3/c1-14(7-4-8-17-2)10-5-3-6-12(13,9-10)11(15)16/h10H,3-9,13H2,1-2H3,(H,15,16). The average molecular weight is 244 g/mol. The van der Waals surface area contributed by atoms with Crippen LogP contribution in [0.1, 0.15) is 32.1 Å². The van der Waals surface area contributed by atoms with Crippen molar-refractivity contribution in [1.29, 1.82) is 0 Å². The van der Waals surface area contributed by atoms with Crippen LogP contribution < -0.4 is 5.73 Å². The summed E-state index contributed by atoms with van der Waals surface area (Å²) in [5, 5.41) is 9.15. The third kappa shape index (κ3) is 3.94. The van der Waals surface area contributed by atoms with E-state index in [1.807, 2.05) is 7.05 Å². The van der Waals surface area contributed by atoms with Gasteiger partial charge in [-0.1, -0.05) is 0 Å². The number of carbonyl (C=O) groups is 1. The van der Waals surface area contributed by atoms with Gasteiger partial charge in [-0.3, -0.25) is 4.79 Å². The summed E-state index contributed by atoms with van der Waals surface area (Å²) in [6, 6.07) is 0.279. The van der Waals surface area contributed by atoms with E-state index < -0.39 is 11.5 Å². The molecule has 0 saturated heterocycles. The van der Waals surface area contributed by atoms with Gasteiger partial charge >= 0.3 is 5.97 Å². The van der Waals surface area contributed by atoms with Crippen molar-refractivity contribution in [3.63, 3.8) is 0 Å². The first kappa shape index (κ1) is 14.4. The van der Waals surface area contributed by atoms with Crippen LogP contribution in [0.25, 0.3) is 0 Å². The Morgan fingerprint density at radius 2 is 2.35 bits per heavy atom. The third-order valence-corrected chi connectivity index (χ3v) is 3.67. The number of hydrogen-bond acceptors (Lipinski definition) is 4. The molecule has 0 aliphatic heterocycles. The van der Waals surface area contributed by atoms with Crippen molar-refractivity contribution in [2.24, 2.45) is 5.73 Å². The topological polar surface area (TPSA) is 75.8 Å². The van der Waals surface area contributed by atoms with E-state index in [9.17, 15) is 4.79 Å². The molecular weight excluding hydrogens is 220 g/mol. The van der Waals surface area contributed by atoms with Gasteiger partial charge in [-0.2, -0.15) is 0 Å². The lowest BCUT2D eigenvalue weighted by atomic mass is 9.79. The predicted molar refractivity (Wildman–Crippen MR) is 65.9 cm³/mol. The number of carboxylic acids is 1. The van der Waals surface area contributed by atoms with Crippen molar-refractivity contribution in [2.75, 3.05) is 27.3 Å². The fourth-order valence-corrected chi connectivity index (χ4v) is 2.49. The summed E-state index contributed by atoms with van der Waals surface area (Å²) in [6.07, 6.45) is 4.03. The molecule has 1 saturated carbocycles. The smallest absolute Gasteiger partial charge is 0.323 e. The maximum absolute atomic E-state index is 11.1. The van der Waals surface area contributed by atoms with Gasteiger partial charge in [-0.05, 0) is 39.2 Å². The number of rotatable bonds is 6. The van der Waals surface area contributed by atoms with Crippen LogP contribution in [-0.2, 0) is 9.53 Å². The Kier molecular flexibility index (Phi) is 5.36. The van der Waals surface area contributed by atoms with Crippen LogP contribution in [0, 0.1) is 0 Å². The highest BCUT2D eigenvalue weighted by Crippen LogP contribution is 2.29. The van der Waals surface area contributed by atoms with Crippen LogP contribution in [-0.4, -0.2) is 54.9 Å². The molecule has 0 aromatic carbocycles. The monoisotopic (exact) mass is 244 g/mol. The molecule has 5 nitrogen and oxygen atoms in total. The van der Waals surface area contributed by atoms with Crippen LogP contribution in [0.2, 0.25) is 0 Å². The fraction of sp³-hybridized carbons (Fsp3) is 0.917. The summed E-state index contributed by atoms with van der Waals surface area (Å²) in [4.78, 5) is 13.4. The van der Waals surface area contributed by atoms with Gasteiger partial charge in [0.15, 0.2) is 0 Å². The summed E-state index contributed by atoms with van der Waals surface area (Å²) >= 11 is 0. The van der Waals surface area contributed by atoms with E-state index in [0.717, 1.165) is 32.4 Å². The van der Waals surface area contributed by atoms with Gasteiger partial charge in [-0.25, -0.2) is 0 Å². The van der Waals surface area contributed by atoms with E-state index >= 15 is 0 Å². The molecule has 17 heavy (non-hydrogen) atoms. The normalized spacial score (nSPS) is 29.5. The Labute approximate surface area is 103 Å². The molecule has 1 fully saturated rings. The summed E-state index contributed by atoms with van der Waals surface area (Å²) in [5.74, 6) is -0.868. The average Bonchev–Trinajstić information content (AvgIpc) is 2.29. The molecule has 3 N–H and O–H groups in total. The Morgan fingerprint density at radius 3 is 2.94 bits per heavy atom. The SMILES string of the molecule is COCCCN(C)C1CCCC(N)(C(=O)O)C1. The summed E-state index contributed by atoms with van der Waals surface area (Å²) in [5.41, 5.74) is 4.90. The van der Waals surface area contributed by atoms with Crippen molar-refractivity contribution < 1.29 is 14.6 Å². The molecule has 1 aliphatic rings. The third-order valence-electron chi connectivity index (χ3n) is 3.67. The summed E-state index contributed by atoms with van der Waals surface area (Å²) in [7, 11) is 3.73. The van der Waals surface area contributed by atoms with E-state index in [-0.39, 0.29) is 6.04 Å². The molecule has 0 amide bonds. The molecule has 5 heteroatoms. The maximum Gasteiger partial charge on any atom is 0.323 e. The van der Waals surface area contributed by atoms with Gasteiger partial charge in [0.2, 0.25) is 0 Å². The quantitative estimate of drug-likeness (QED) is 0.672. The van der Waals surface area contributed by atoms with Crippen molar-refractivity contribution >= 4 is 5.97 Å². The lowest BCUT2D eigenvalue weighted by Crippen LogP contribution is -2.55. The van der Waals surface area contributed by atoms with E-state index in [1.165, 1.54) is 0 Å². The molecule has 0 radical (unpaired) electrons. The van der Waals surface area contributed by atoms with Gasteiger partial charge in [0.1, 0.15) is 5.54 Å². The van der Waals surface area contributed by atoms with Gasteiger partial charge in [0.25, 0.3) is 0 Å². The molecule has 0 aromatic heterocycles. The number of ether oxygens (including phenoxy) is 1. The molecule has 0 aromatic rings. The first-order chi connectivity index (χ1) is 7.99. The van der Waals surface area contributed by atoms with Gasteiger partial charge in [0, 0.05) is 26.3 Å². The lowest BCUT2D eigenvalue weighted by Gasteiger charge is -2.39. The Balaban J connectivity index is 2.45. The number of carboxylic acid groups (broad SMARTS) is 1. The molecule has 0 spiro atoms. The molecule has 0 bridgehead atoms. The van der Waals surface area contributed by atoms with Gasteiger partial charge in [-0.15, -0.1) is 0 Å². The lowest BCUT2D eigenvalue weighted by molar-refractivity contribution is -0.145. The van der Waals surface area contributed by atoms with E-state index in [2.05, 4.69) is 4.90 Å². The summed E-state index contributed by atoms with van der Waals surface area (Å²) in [6.45, 7) is 1.66. The molecular formula is C12H24N2O3. The molecule has 1 rings (SSSR count). The number of nitrogens with two attached hydrogens (primary N) is 1. The van der Waals surface area contributed by atoms with E-state index in [1.54, 1.807) is 7.11 Å². The van der Waals surface area contributed by atoms with Gasteiger partial charge < -0.3 is 20.5 Å². The zero-order chi connectivity index (χ0) is 12.9. The van der Waals surface area contributed by atoms with Crippen LogP contribution in [0.3, 0.4) is 0 Å². The number of methoxy groups -OCH3 is 1. The molecule has 0 heterocycles. The predicted octanol–water partition coefficient (Wildman–Crippen LogP) is 0.679. The van der Waals surface area contributed by atoms with Crippen LogP contribution >= 0.6 is 0 Å².